The van der Waals surface area contributed by atoms with Crippen molar-refractivity contribution in [3.8, 4) is 11.4 Å². The van der Waals surface area contributed by atoms with E-state index in [1.54, 1.807) is 35.5 Å². The summed E-state index contributed by atoms with van der Waals surface area (Å²) >= 11 is 0. The van der Waals surface area contributed by atoms with Crippen molar-refractivity contribution in [3.05, 3.63) is 36.9 Å². The Morgan fingerprint density at radius 2 is 2.18 bits per heavy atom. The fraction of sp³-hybridized carbons (Fsp3) is 0.200. The molecule has 0 aliphatic heterocycles. The Morgan fingerprint density at radius 1 is 1.41 bits per heavy atom. The van der Waals surface area contributed by atoms with Gasteiger partial charge in [0.25, 0.3) is 0 Å². The number of nitrogens with zero attached hydrogens (tertiary/aromatic N) is 4. The van der Waals surface area contributed by atoms with Crippen molar-refractivity contribution in [3.63, 3.8) is 0 Å². The van der Waals surface area contributed by atoms with Crippen LogP contribution < -0.4 is 4.68 Å². The van der Waals surface area contributed by atoms with Gasteiger partial charge in [-0.05, 0) is 11.2 Å². The first kappa shape index (κ1) is 12.0. The van der Waals surface area contributed by atoms with Crippen molar-refractivity contribution in [2.75, 3.05) is 7.11 Å². The Bertz CT molecular complexity index is 465. The van der Waals surface area contributed by atoms with E-state index in [4.69, 9.17) is 4.52 Å². The molecule has 88 valence electrons. The summed E-state index contributed by atoms with van der Waals surface area (Å²) in [5.74, 6) is 0.630. The number of hydrogen-bond donors (Lipinski definition) is 1. The zero-order chi connectivity index (χ0) is 12.1. The van der Waals surface area contributed by atoms with Gasteiger partial charge in [0.15, 0.2) is 12.0 Å². The number of hydrogen-bond acceptors (Lipinski definition) is 5. The van der Waals surface area contributed by atoms with Crippen LogP contribution in [-0.2, 0) is 10.8 Å². The van der Waals surface area contributed by atoms with E-state index in [1.165, 1.54) is 7.11 Å². The van der Waals surface area contributed by atoms with Gasteiger partial charge in [-0.1, -0.05) is 4.68 Å². The van der Waals surface area contributed by atoms with E-state index in [0.29, 0.717) is 12.1 Å². The predicted molar refractivity (Wildman–Crippen MR) is 61.6 cm³/mol. The van der Waals surface area contributed by atoms with Crippen LogP contribution in [0.4, 0.5) is 0 Å². The lowest BCUT2D eigenvalue weighted by atomic mass is 10.3. The molecule has 17 heavy (non-hydrogen) atoms. The lowest BCUT2D eigenvalue weighted by Crippen LogP contribution is -2.36. The lowest BCUT2D eigenvalue weighted by Gasteiger charge is -2.01. The Labute approximate surface area is 99.9 Å². The zero-order valence-corrected chi connectivity index (χ0v) is 10.2. The zero-order valence-electron chi connectivity index (χ0n) is 9.26. The number of aromatic nitrogens is 4. The molecule has 2 aromatic rings. The van der Waals surface area contributed by atoms with E-state index in [9.17, 15) is 4.89 Å². The highest BCUT2D eigenvalue weighted by Crippen LogP contribution is 2.28. The molecule has 1 N–H and O–H groups in total. The van der Waals surface area contributed by atoms with Gasteiger partial charge >= 0.3 is 0 Å². The Balaban J connectivity index is 2.13. The molecule has 0 fully saturated rings. The first-order valence-electron chi connectivity index (χ1n) is 4.93. The Hall–Kier alpha value is -1.49. The quantitative estimate of drug-likeness (QED) is 0.640. The minimum absolute atomic E-state index is 0.349. The third kappa shape index (κ3) is 3.23. The second kappa shape index (κ2) is 5.72. The Kier molecular flexibility index (Phi) is 4.03. The smallest absolute Gasteiger partial charge is 0.241 e. The molecular formula is C10H12N4O2P+. The molecule has 0 saturated heterocycles. The van der Waals surface area contributed by atoms with Crippen LogP contribution in [0.25, 0.3) is 11.4 Å². The molecular weight excluding hydrogens is 239 g/mol. The van der Waals surface area contributed by atoms with Crippen LogP contribution in [0.1, 0.15) is 0 Å². The molecule has 2 rings (SSSR count). The molecule has 0 amide bonds. The van der Waals surface area contributed by atoms with Gasteiger partial charge in [0.1, 0.15) is 6.20 Å². The van der Waals surface area contributed by atoms with Crippen LogP contribution in [0.3, 0.4) is 0 Å². The van der Waals surface area contributed by atoms with Crippen LogP contribution in [0.5, 0.6) is 0 Å². The van der Waals surface area contributed by atoms with Crippen molar-refractivity contribution >= 4 is 8.38 Å². The maximum absolute atomic E-state index is 9.35. The molecule has 0 aliphatic carbocycles. The van der Waals surface area contributed by atoms with Crippen LogP contribution in [0, 0.1) is 0 Å². The lowest BCUT2D eigenvalue weighted by molar-refractivity contribution is -0.737. The summed E-state index contributed by atoms with van der Waals surface area (Å²) in [5.41, 5.74) is 0.835. The second-order valence-electron chi connectivity index (χ2n) is 3.20. The molecule has 0 aliphatic rings. The maximum Gasteiger partial charge on any atom is 0.241 e. The van der Waals surface area contributed by atoms with Crippen molar-refractivity contribution in [2.45, 2.75) is 6.29 Å². The molecule has 0 spiro atoms. The second-order valence-corrected chi connectivity index (χ2v) is 4.56. The topological polar surface area (TPSA) is 72.0 Å². The van der Waals surface area contributed by atoms with Gasteiger partial charge in [0.05, 0.1) is 0 Å². The molecule has 0 saturated carbocycles. The molecule has 7 heteroatoms. The molecule has 0 aromatic carbocycles. The monoisotopic (exact) mass is 251 g/mol. The van der Waals surface area contributed by atoms with Crippen LogP contribution >= 0.6 is 8.38 Å². The van der Waals surface area contributed by atoms with Gasteiger partial charge in [-0.2, -0.15) is 0 Å². The van der Waals surface area contributed by atoms with Crippen molar-refractivity contribution < 1.29 is 14.1 Å². The SMILES string of the molecule is COP(O)C[n+]1ccc(-c2ncccn2)cn1. The average Bonchev–Trinajstić information content (AvgIpc) is 2.40. The summed E-state index contributed by atoms with van der Waals surface area (Å²) in [4.78, 5) is 17.6. The minimum Gasteiger partial charge on any atom is -0.345 e. The Morgan fingerprint density at radius 3 is 2.76 bits per heavy atom. The summed E-state index contributed by atoms with van der Waals surface area (Å²) < 4.78 is 6.42. The fourth-order valence-corrected chi connectivity index (χ4v) is 1.76. The first-order valence-corrected chi connectivity index (χ1v) is 6.33. The molecule has 2 aromatic heterocycles. The molecule has 0 bridgehead atoms. The standard InChI is InChI=1S/C10H12N4O2P/c1-16-17(15)8-14-6-3-9(7-13-14)10-11-4-2-5-12-10/h2-7,15H,8H2,1H3/q+1. The van der Waals surface area contributed by atoms with Gasteiger partial charge in [-0.25, -0.2) is 9.97 Å². The highest BCUT2D eigenvalue weighted by Gasteiger charge is 2.12. The van der Waals surface area contributed by atoms with Crippen molar-refractivity contribution in [2.24, 2.45) is 0 Å². The van der Waals surface area contributed by atoms with Crippen LogP contribution in [0.15, 0.2) is 36.9 Å². The minimum atomic E-state index is -1.45. The van der Waals surface area contributed by atoms with Crippen molar-refractivity contribution in [1.82, 2.24) is 15.1 Å². The summed E-state index contributed by atoms with van der Waals surface area (Å²) in [5, 5.41) is 4.16. The van der Waals surface area contributed by atoms with Gasteiger partial charge in [0.2, 0.25) is 14.7 Å². The third-order valence-corrected chi connectivity index (χ3v) is 3.03. The summed E-state index contributed by atoms with van der Waals surface area (Å²) in [7, 11) is 0.0214. The summed E-state index contributed by atoms with van der Waals surface area (Å²) in [6.07, 6.45) is 7.13. The van der Waals surface area contributed by atoms with Gasteiger partial charge in [-0.3, -0.25) is 0 Å². The summed E-state index contributed by atoms with van der Waals surface area (Å²) in [6, 6.07) is 3.61. The number of rotatable bonds is 4. The molecule has 6 nitrogen and oxygen atoms in total. The van der Waals surface area contributed by atoms with Gasteiger partial charge < -0.3 is 9.42 Å². The molecule has 1 atom stereocenters. The van der Waals surface area contributed by atoms with E-state index in [-0.39, 0.29) is 0 Å². The highest BCUT2D eigenvalue weighted by atomic mass is 31.2. The largest absolute Gasteiger partial charge is 0.345 e. The van der Waals surface area contributed by atoms with Crippen LogP contribution in [0.2, 0.25) is 0 Å². The summed E-state index contributed by atoms with van der Waals surface area (Å²) in [6.45, 7) is 0. The molecule has 2 heterocycles. The maximum atomic E-state index is 9.35. The fourth-order valence-electron chi connectivity index (χ4n) is 1.23. The third-order valence-electron chi connectivity index (χ3n) is 2.07. The van der Waals surface area contributed by atoms with Crippen LogP contribution in [-0.4, -0.2) is 27.1 Å². The van der Waals surface area contributed by atoms with Gasteiger partial charge in [0, 0.05) is 31.1 Å². The normalized spacial score (nSPS) is 12.4. The van der Waals surface area contributed by atoms with E-state index < -0.39 is 8.38 Å². The van der Waals surface area contributed by atoms with E-state index in [0.717, 1.165) is 5.56 Å². The predicted octanol–water partition coefficient (Wildman–Crippen LogP) is 0.734. The molecule has 1 unspecified atom stereocenters. The van der Waals surface area contributed by atoms with E-state index in [2.05, 4.69) is 15.1 Å². The van der Waals surface area contributed by atoms with Crippen molar-refractivity contribution in [1.29, 1.82) is 0 Å². The van der Waals surface area contributed by atoms with E-state index >= 15 is 0 Å². The average molecular weight is 251 g/mol. The van der Waals surface area contributed by atoms with Gasteiger partial charge in [-0.15, -0.1) is 0 Å². The van der Waals surface area contributed by atoms with E-state index in [1.807, 2.05) is 6.07 Å². The highest BCUT2D eigenvalue weighted by molar-refractivity contribution is 7.44. The first-order chi connectivity index (χ1) is 8.29. The molecule has 0 radical (unpaired) electrons.